The van der Waals surface area contributed by atoms with Crippen LogP contribution in [0.3, 0.4) is 0 Å². The van der Waals surface area contributed by atoms with E-state index in [1.54, 1.807) is 11.8 Å². The first kappa shape index (κ1) is 13.8. The van der Waals surface area contributed by atoms with E-state index in [-0.39, 0.29) is 5.78 Å². The van der Waals surface area contributed by atoms with Crippen molar-refractivity contribution in [2.45, 2.75) is 30.3 Å². The highest BCUT2D eigenvalue weighted by molar-refractivity contribution is 8.14. The summed E-state index contributed by atoms with van der Waals surface area (Å²) in [5.41, 5.74) is 1.01. The molecular weight excluding hydrogens is 264 g/mol. The Labute approximate surface area is 115 Å². The summed E-state index contributed by atoms with van der Waals surface area (Å²) >= 11 is 1.60. The maximum absolute atomic E-state index is 12.5. The van der Waals surface area contributed by atoms with Crippen molar-refractivity contribution in [3.8, 4) is 0 Å². The van der Waals surface area contributed by atoms with E-state index in [1.807, 2.05) is 37.3 Å². The zero-order valence-corrected chi connectivity index (χ0v) is 12.2. The second-order valence-electron chi connectivity index (χ2n) is 4.44. The highest BCUT2D eigenvalue weighted by Crippen LogP contribution is 2.39. The first-order valence-electron chi connectivity index (χ1n) is 6.28. The molecule has 18 heavy (non-hydrogen) atoms. The number of hydrogen-bond acceptors (Lipinski definition) is 3. The van der Waals surface area contributed by atoms with Gasteiger partial charge in [-0.2, -0.15) is 0 Å². The number of carbonyl (C=O) groups is 1. The van der Waals surface area contributed by atoms with Crippen molar-refractivity contribution in [1.29, 1.82) is 0 Å². The molecule has 0 radical (unpaired) electrons. The van der Waals surface area contributed by atoms with Crippen LogP contribution in [-0.4, -0.2) is 25.6 Å². The minimum absolute atomic E-state index is 0.124. The second kappa shape index (κ2) is 6.02. The molecule has 2 rings (SSSR count). The van der Waals surface area contributed by atoms with Crippen molar-refractivity contribution < 1.29 is 9.00 Å². The fraction of sp³-hybridized carbons (Fsp3) is 0.500. The van der Waals surface area contributed by atoms with Gasteiger partial charge in [0.15, 0.2) is 5.78 Å². The lowest BCUT2D eigenvalue weighted by Gasteiger charge is -2.33. The molecular formula is C14H18O2S2. The molecule has 2 atom stereocenters. The van der Waals surface area contributed by atoms with Crippen LogP contribution < -0.4 is 0 Å². The Kier molecular flexibility index (Phi) is 4.62. The SMILES string of the molecule is CC[C@@]1(C(=O)Cc2ccccc2)SCCC[S@]1=O. The van der Waals surface area contributed by atoms with E-state index in [1.165, 1.54) is 0 Å². The molecule has 1 aliphatic rings. The van der Waals surface area contributed by atoms with Gasteiger partial charge in [0.2, 0.25) is 0 Å². The van der Waals surface area contributed by atoms with Crippen LogP contribution in [0.25, 0.3) is 0 Å². The molecule has 1 fully saturated rings. The Bertz CT molecular complexity index is 444. The minimum atomic E-state index is -1.03. The van der Waals surface area contributed by atoms with Gasteiger partial charge in [0.1, 0.15) is 4.08 Å². The van der Waals surface area contributed by atoms with Crippen LogP contribution in [0.1, 0.15) is 25.3 Å². The fourth-order valence-corrected chi connectivity index (χ4v) is 5.89. The molecule has 0 saturated carbocycles. The lowest BCUT2D eigenvalue weighted by Crippen LogP contribution is -2.44. The Balaban J connectivity index is 2.17. The summed E-state index contributed by atoms with van der Waals surface area (Å²) < 4.78 is 11.6. The Morgan fingerprint density at radius 2 is 2.11 bits per heavy atom. The smallest absolute Gasteiger partial charge is 0.165 e. The molecule has 1 aromatic rings. The summed E-state index contributed by atoms with van der Waals surface area (Å²) in [6.45, 7) is 1.97. The van der Waals surface area contributed by atoms with Crippen LogP contribution in [0.4, 0.5) is 0 Å². The van der Waals surface area contributed by atoms with Crippen LogP contribution in [0.5, 0.6) is 0 Å². The number of carbonyl (C=O) groups excluding carboxylic acids is 1. The van der Waals surface area contributed by atoms with E-state index in [0.717, 1.165) is 17.7 Å². The molecule has 0 amide bonds. The zero-order chi connectivity index (χ0) is 13.0. The highest BCUT2D eigenvalue weighted by Gasteiger charge is 2.44. The summed E-state index contributed by atoms with van der Waals surface area (Å²) in [4.78, 5) is 12.5. The third-order valence-electron chi connectivity index (χ3n) is 3.27. The topological polar surface area (TPSA) is 34.1 Å². The van der Waals surface area contributed by atoms with Gasteiger partial charge in [-0.1, -0.05) is 37.3 Å². The second-order valence-corrected chi connectivity index (χ2v) is 7.89. The normalized spacial score (nSPS) is 27.9. The van der Waals surface area contributed by atoms with Crippen molar-refractivity contribution in [1.82, 2.24) is 0 Å². The van der Waals surface area contributed by atoms with Gasteiger partial charge in [0.25, 0.3) is 0 Å². The van der Waals surface area contributed by atoms with E-state index in [2.05, 4.69) is 0 Å². The number of Topliss-reactive ketones (excluding diaryl/α,β-unsaturated/α-hetero) is 1. The molecule has 0 aromatic heterocycles. The van der Waals surface area contributed by atoms with Crippen LogP contribution >= 0.6 is 11.8 Å². The Morgan fingerprint density at radius 3 is 2.72 bits per heavy atom. The summed E-state index contributed by atoms with van der Waals surface area (Å²) in [5.74, 6) is 1.74. The summed E-state index contributed by atoms with van der Waals surface area (Å²) in [6, 6.07) is 9.73. The van der Waals surface area contributed by atoms with Crippen molar-refractivity contribution in [3.63, 3.8) is 0 Å². The van der Waals surface area contributed by atoms with Gasteiger partial charge in [0, 0.05) is 23.0 Å². The standard InChI is InChI=1S/C14H18O2S2/c1-2-14(17-9-6-10-18(14)16)13(15)11-12-7-4-3-5-8-12/h3-5,7-8H,2,6,9-11H2,1H3/t14-,18-/m1/s1. The van der Waals surface area contributed by atoms with Crippen molar-refractivity contribution in [2.24, 2.45) is 0 Å². The first-order chi connectivity index (χ1) is 8.69. The van der Waals surface area contributed by atoms with E-state index in [0.29, 0.717) is 18.6 Å². The number of hydrogen-bond donors (Lipinski definition) is 0. The molecule has 1 heterocycles. The van der Waals surface area contributed by atoms with Crippen molar-refractivity contribution in [2.75, 3.05) is 11.5 Å². The van der Waals surface area contributed by atoms with Crippen LogP contribution in [0.2, 0.25) is 0 Å². The van der Waals surface area contributed by atoms with E-state index >= 15 is 0 Å². The highest BCUT2D eigenvalue weighted by atomic mass is 32.2. The molecule has 1 aliphatic heterocycles. The lowest BCUT2D eigenvalue weighted by atomic mass is 10.1. The van der Waals surface area contributed by atoms with Gasteiger partial charge in [-0.15, -0.1) is 11.8 Å². The van der Waals surface area contributed by atoms with Crippen LogP contribution in [0, 0.1) is 0 Å². The predicted octanol–water partition coefficient (Wildman–Crippen LogP) is 2.79. The zero-order valence-electron chi connectivity index (χ0n) is 10.6. The van der Waals surface area contributed by atoms with Crippen LogP contribution in [-0.2, 0) is 22.0 Å². The quantitative estimate of drug-likeness (QED) is 0.851. The Morgan fingerprint density at radius 1 is 1.39 bits per heavy atom. The summed E-state index contributed by atoms with van der Waals surface area (Å²) in [7, 11) is -1.03. The average molecular weight is 282 g/mol. The van der Waals surface area contributed by atoms with Gasteiger partial charge >= 0.3 is 0 Å². The summed E-state index contributed by atoms with van der Waals surface area (Å²) in [6.07, 6.45) is 2.01. The molecule has 0 N–H and O–H groups in total. The Hall–Kier alpha value is -0.610. The molecule has 0 bridgehead atoms. The third-order valence-corrected chi connectivity index (χ3v) is 7.57. The van der Waals surface area contributed by atoms with E-state index < -0.39 is 14.9 Å². The van der Waals surface area contributed by atoms with Gasteiger partial charge in [-0.05, 0) is 24.2 Å². The van der Waals surface area contributed by atoms with Crippen LogP contribution in [0.15, 0.2) is 30.3 Å². The molecule has 98 valence electrons. The predicted molar refractivity (Wildman–Crippen MR) is 78.3 cm³/mol. The monoisotopic (exact) mass is 282 g/mol. The van der Waals surface area contributed by atoms with Gasteiger partial charge < -0.3 is 0 Å². The number of benzene rings is 1. The maximum Gasteiger partial charge on any atom is 0.165 e. The van der Waals surface area contributed by atoms with Crippen molar-refractivity contribution >= 4 is 28.3 Å². The maximum atomic E-state index is 12.5. The number of rotatable bonds is 4. The lowest BCUT2D eigenvalue weighted by molar-refractivity contribution is -0.118. The van der Waals surface area contributed by atoms with Gasteiger partial charge in [-0.3, -0.25) is 9.00 Å². The third kappa shape index (κ3) is 2.69. The van der Waals surface area contributed by atoms with E-state index in [9.17, 15) is 9.00 Å². The number of thioether (sulfide) groups is 1. The minimum Gasteiger partial charge on any atom is -0.297 e. The number of ketones is 1. The first-order valence-corrected chi connectivity index (χ1v) is 8.59. The molecule has 1 aromatic carbocycles. The molecule has 1 saturated heterocycles. The fourth-order valence-electron chi connectivity index (χ4n) is 2.24. The molecule has 0 spiro atoms. The molecule has 2 nitrogen and oxygen atoms in total. The van der Waals surface area contributed by atoms with E-state index in [4.69, 9.17) is 0 Å². The average Bonchev–Trinajstić information content (AvgIpc) is 2.40. The molecule has 0 aliphatic carbocycles. The van der Waals surface area contributed by atoms with Gasteiger partial charge in [-0.25, -0.2) is 0 Å². The molecule has 4 heteroatoms. The largest absolute Gasteiger partial charge is 0.297 e. The van der Waals surface area contributed by atoms with Gasteiger partial charge in [0.05, 0.1) is 0 Å². The van der Waals surface area contributed by atoms with Crippen molar-refractivity contribution in [3.05, 3.63) is 35.9 Å². The summed E-state index contributed by atoms with van der Waals surface area (Å²) in [5, 5.41) is 0. The molecule has 0 unspecified atom stereocenters.